The lowest BCUT2D eigenvalue weighted by Crippen LogP contribution is -2.14. The third-order valence-electron chi connectivity index (χ3n) is 2.65. The van der Waals surface area contributed by atoms with Gasteiger partial charge in [-0.05, 0) is 46.3 Å². The molecule has 7 heteroatoms. The van der Waals surface area contributed by atoms with Gasteiger partial charge in [-0.3, -0.25) is 5.41 Å². The molecular weight excluding hydrogens is 365 g/mol. The van der Waals surface area contributed by atoms with Crippen molar-refractivity contribution in [3.8, 4) is 0 Å². The second kappa shape index (κ2) is 6.11. The highest BCUT2D eigenvalue weighted by Crippen LogP contribution is 2.37. The second-order valence-electron chi connectivity index (χ2n) is 4.15. The molecule has 0 unspecified atom stereocenters. The Bertz CT molecular complexity index is 686. The third kappa shape index (κ3) is 3.79. The average Bonchev–Trinajstić information content (AvgIpc) is 2.40. The Morgan fingerprint density at radius 2 is 1.76 bits per heavy atom. The highest BCUT2D eigenvalue weighted by Gasteiger charge is 2.31. The molecule has 0 aromatic heterocycles. The molecule has 2 rings (SSSR count). The molecule has 0 fully saturated rings. The van der Waals surface area contributed by atoms with Crippen molar-refractivity contribution in [2.24, 2.45) is 5.73 Å². The molecule has 0 spiro atoms. The normalized spacial score (nSPS) is 11.4. The number of halogens is 4. The average molecular weight is 375 g/mol. The maximum atomic E-state index is 12.7. The van der Waals surface area contributed by atoms with E-state index < -0.39 is 17.6 Å². The Hall–Kier alpha value is -1.47. The predicted octanol–water partition coefficient (Wildman–Crippen LogP) is 4.90. The first kappa shape index (κ1) is 15.9. The molecule has 0 atom stereocenters. The first-order valence-electron chi connectivity index (χ1n) is 5.77. The van der Waals surface area contributed by atoms with Gasteiger partial charge in [0.25, 0.3) is 0 Å². The monoisotopic (exact) mass is 374 g/mol. The van der Waals surface area contributed by atoms with Crippen LogP contribution in [0.15, 0.2) is 56.7 Å². The van der Waals surface area contributed by atoms with E-state index in [-0.39, 0.29) is 5.56 Å². The van der Waals surface area contributed by atoms with Gasteiger partial charge in [0.15, 0.2) is 0 Å². The summed E-state index contributed by atoms with van der Waals surface area (Å²) in [6.45, 7) is 0. The van der Waals surface area contributed by atoms with E-state index in [0.29, 0.717) is 4.90 Å². The van der Waals surface area contributed by atoms with Crippen LogP contribution in [0, 0.1) is 5.41 Å². The number of nitrogen functional groups attached to an aromatic ring is 1. The molecule has 3 N–H and O–H groups in total. The van der Waals surface area contributed by atoms with E-state index >= 15 is 0 Å². The summed E-state index contributed by atoms with van der Waals surface area (Å²) in [7, 11) is 0. The topological polar surface area (TPSA) is 49.9 Å². The van der Waals surface area contributed by atoms with E-state index in [1.807, 2.05) is 24.3 Å². The zero-order valence-electron chi connectivity index (χ0n) is 10.5. The number of nitrogens with one attached hydrogen (secondary N) is 1. The number of benzene rings is 2. The van der Waals surface area contributed by atoms with Crippen LogP contribution in [0.3, 0.4) is 0 Å². The largest absolute Gasteiger partial charge is 0.416 e. The van der Waals surface area contributed by atoms with Crippen LogP contribution in [0.25, 0.3) is 0 Å². The number of nitrogens with two attached hydrogens (primary N) is 1. The molecule has 0 amide bonds. The van der Waals surface area contributed by atoms with Crippen molar-refractivity contribution < 1.29 is 13.2 Å². The zero-order valence-corrected chi connectivity index (χ0v) is 12.9. The maximum absolute atomic E-state index is 12.7. The Morgan fingerprint density at radius 3 is 2.33 bits per heavy atom. The molecule has 0 saturated carbocycles. The summed E-state index contributed by atoms with van der Waals surface area (Å²) in [5.41, 5.74) is 4.67. The van der Waals surface area contributed by atoms with Gasteiger partial charge in [0.2, 0.25) is 0 Å². The van der Waals surface area contributed by atoms with Crippen molar-refractivity contribution in [2.75, 3.05) is 0 Å². The van der Waals surface area contributed by atoms with Gasteiger partial charge in [0.05, 0.1) is 5.56 Å². The highest BCUT2D eigenvalue weighted by molar-refractivity contribution is 9.10. The van der Waals surface area contributed by atoms with Crippen LogP contribution in [-0.2, 0) is 6.18 Å². The number of amidine groups is 1. The summed E-state index contributed by atoms with van der Waals surface area (Å²) >= 11 is 4.63. The van der Waals surface area contributed by atoms with Gasteiger partial charge in [0, 0.05) is 19.8 Å². The summed E-state index contributed by atoms with van der Waals surface area (Å²) in [5, 5.41) is 7.48. The summed E-state index contributed by atoms with van der Waals surface area (Å²) in [5.74, 6) is -0.393. The van der Waals surface area contributed by atoms with Crippen LogP contribution in [0.4, 0.5) is 13.2 Å². The van der Waals surface area contributed by atoms with Crippen LogP contribution in [0.2, 0.25) is 0 Å². The van der Waals surface area contributed by atoms with Crippen molar-refractivity contribution in [1.82, 2.24) is 0 Å². The van der Waals surface area contributed by atoms with Gasteiger partial charge in [-0.2, -0.15) is 13.2 Å². The van der Waals surface area contributed by atoms with E-state index in [1.165, 1.54) is 17.8 Å². The summed E-state index contributed by atoms with van der Waals surface area (Å²) in [6.07, 6.45) is -4.46. The van der Waals surface area contributed by atoms with Crippen molar-refractivity contribution in [1.29, 1.82) is 5.41 Å². The van der Waals surface area contributed by atoms with E-state index in [0.717, 1.165) is 21.5 Å². The van der Waals surface area contributed by atoms with E-state index in [1.54, 1.807) is 0 Å². The van der Waals surface area contributed by atoms with Crippen molar-refractivity contribution in [2.45, 2.75) is 16.0 Å². The Labute approximate surface area is 132 Å². The minimum Gasteiger partial charge on any atom is -0.384 e. The fourth-order valence-corrected chi connectivity index (χ4v) is 3.14. The van der Waals surface area contributed by atoms with Crippen molar-refractivity contribution in [3.05, 3.63) is 58.1 Å². The third-order valence-corrected chi connectivity index (χ3v) is 4.76. The van der Waals surface area contributed by atoms with Crippen LogP contribution >= 0.6 is 27.7 Å². The summed E-state index contributed by atoms with van der Waals surface area (Å²) in [4.78, 5) is 1.34. The lowest BCUT2D eigenvalue weighted by atomic mass is 10.1. The van der Waals surface area contributed by atoms with E-state index in [4.69, 9.17) is 11.1 Å². The first-order chi connectivity index (χ1) is 9.79. The molecule has 110 valence electrons. The van der Waals surface area contributed by atoms with Gasteiger partial charge in [-0.1, -0.05) is 23.9 Å². The minimum atomic E-state index is -4.46. The molecule has 2 aromatic carbocycles. The second-order valence-corrected chi connectivity index (χ2v) is 6.09. The van der Waals surface area contributed by atoms with Gasteiger partial charge < -0.3 is 5.73 Å². The predicted molar refractivity (Wildman–Crippen MR) is 80.7 cm³/mol. The number of hydrogen-bond donors (Lipinski definition) is 2. The summed E-state index contributed by atoms with van der Waals surface area (Å²) in [6, 6.07) is 10.6. The van der Waals surface area contributed by atoms with Crippen molar-refractivity contribution >= 4 is 33.5 Å². The molecule has 0 aliphatic carbocycles. The Kier molecular flexibility index (Phi) is 4.63. The van der Waals surface area contributed by atoms with Gasteiger partial charge in [0.1, 0.15) is 5.84 Å². The van der Waals surface area contributed by atoms with Gasteiger partial charge in [-0.15, -0.1) is 0 Å². The van der Waals surface area contributed by atoms with Crippen LogP contribution in [0.5, 0.6) is 0 Å². The molecule has 2 nitrogen and oxygen atoms in total. The van der Waals surface area contributed by atoms with E-state index in [9.17, 15) is 13.2 Å². The molecule has 0 bridgehead atoms. The molecule has 21 heavy (non-hydrogen) atoms. The van der Waals surface area contributed by atoms with Crippen LogP contribution in [0.1, 0.15) is 11.1 Å². The maximum Gasteiger partial charge on any atom is 0.416 e. The SMILES string of the molecule is N=C(N)c1cc(C(F)(F)F)ccc1Sc1ccccc1Br. The molecule has 2 aromatic rings. The number of hydrogen-bond acceptors (Lipinski definition) is 2. The smallest absolute Gasteiger partial charge is 0.384 e. The number of alkyl halides is 3. The molecule has 0 aliphatic heterocycles. The van der Waals surface area contributed by atoms with Crippen molar-refractivity contribution in [3.63, 3.8) is 0 Å². The highest BCUT2D eigenvalue weighted by atomic mass is 79.9. The minimum absolute atomic E-state index is 0.0746. The quantitative estimate of drug-likeness (QED) is 0.592. The fraction of sp³-hybridized carbons (Fsp3) is 0.0714. The standard InChI is InChI=1S/C14H10BrF3N2S/c15-10-3-1-2-4-12(10)21-11-6-5-8(14(16,17)18)7-9(11)13(19)20/h1-7H,(H3,19,20). The lowest BCUT2D eigenvalue weighted by molar-refractivity contribution is -0.137. The molecule has 0 heterocycles. The lowest BCUT2D eigenvalue weighted by Gasteiger charge is -2.13. The van der Waals surface area contributed by atoms with Gasteiger partial charge in [-0.25, -0.2) is 0 Å². The fourth-order valence-electron chi connectivity index (χ4n) is 1.65. The van der Waals surface area contributed by atoms with Gasteiger partial charge >= 0.3 is 6.18 Å². The zero-order chi connectivity index (χ0) is 15.6. The van der Waals surface area contributed by atoms with E-state index in [2.05, 4.69) is 15.9 Å². The molecule has 0 saturated heterocycles. The Balaban J connectivity index is 2.45. The Morgan fingerprint density at radius 1 is 1.10 bits per heavy atom. The summed E-state index contributed by atoms with van der Waals surface area (Å²) < 4.78 is 39.0. The number of rotatable bonds is 3. The van der Waals surface area contributed by atoms with Crippen LogP contribution in [-0.4, -0.2) is 5.84 Å². The molecule has 0 radical (unpaired) electrons. The van der Waals surface area contributed by atoms with Crippen LogP contribution < -0.4 is 5.73 Å². The molecular formula is C14H10BrF3N2S. The first-order valence-corrected chi connectivity index (χ1v) is 7.38. The molecule has 0 aliphatic rings.